The van der Waals surface area contributed by atoms with E-state index in [-0.39, 0.29) is 0 Å². The van der Waals surface area contributed by atoms with Crippen LogP contribution in [0.3, 0.4) is 0 Å². The Balaban J connectivity index is 2.26. The first-order valence-electron chi connectivity index (χ1n) is 6.37. The van der Waals surface area contributed by atoms with Gasteiger partial charge in [0.15, 0.2) is 6.29 Å². The highest BCUT2D eigenvalue weighted by atomic mass is 16.7. The molecule has 1 amide bonds. The molecule has 0 saturated heterocycles. The molecule has 0 bridgehead atoms. The number of hydrogen-bond acceptors (Lipinski definition) is 4. The van der Waals surface area contributed by atoms with Gasteiger partial charge in [-0.2, -0.15) is 0 Å². The van der Waals surface area contributed by atoms with Crippen molar-refractivity contribution < 1.29 is 18.7 Å². The van der Waals surface area contributed by atoms with Gasteiger partial charge in [-0.05, 0) is 24.3 Å². The van der Waals surface area contributed by atoms with Gasteiger partial charge in [-0.15, -0.1) is 0 Å². The van der Waals surface area contributed by atoms with Crippen molar-refractivity contribution in [3.63, 3.8) is 0 Å². The number of rotatable bonds is 6. The summed E-state index contributed by atoms with van der Waals surface area (Å²) in [6.45, 7) is 0. The van der Waals surface area contributed by atoms with Crippen LogP contribution in [0.2, 0.25) is 0 Å². The molecule has 0 saturated carbocycles. The molecule has 0 unspecified atom stereocenters. The van der Waals surface area contributed by atoms with Crippen LogP contribution in [0, 0.1) is 0 Å². The van der Waals surface area contributed by atoms with Gasteiger partial charge < -0.3 is 19.6 Å². The molecule has 0 aliphatic heterocycles. The Labute approximate surface area is 123 Å². The highest BCUT2D eigenvalue weighted by Crippen LogP contribution is 2.26. The first-order valence-corrected chi connectivity index (χ1v) is 6.37. The number of hydrogen-bond donors (Lipinski definition) is 1. The first kappa shape index (κ1) is 15.0. The number of carbonyl (C=O) groups is 1. The van der Waals surface area contributed by atoms with E-state index in [0.717, 1.165) is 11.1 Å². The lowest BCUT2D eigenvalue weighted by atomic mass is 10.1. The molecular weight excluding hydrogens is 270 g/mol. The number of amides is 1. The first-order chi connectivity index (χ1) is 10.1. The Bertz CT molecular complexity index is 641. The lowest BCUT2D eigenvalue weighted by Gasteiger charge is -2.14. The summed E-state index contributed by atoms with van der Waals surface area (Å²) in [5.74, 6) is 0.731. The molecule has 5 nitrogen and oxygen atoms in total. The maximum Gasteiger partial charge on any atom is 0.241 e. The normalized spacial score (nSPS) is 11.4. The number of furan rings is 1. The predicted molar refractivity (Wildman–Crippen MR) is 79.1 cm³/mol. The smallest absolute Gasteiger partial charge is 0.241 e. The van der Waals surface area contributed by atoms with Gasteiger partial charge in [0.25, 0.3) is 0 Å². The minimum absolute atomic E-state index is 0.422. The van der Waals surface area contributed by atoms with Crippen molar-refractivity contribution in [1.29, 1.82) is 0 Å². The fourth-order valence-corrected chi connectivity index (χ4v) is 1.97. The predicted octanol–water partition coefficient (Wildman–Crippen LogP) is 2.74. The lowest BCUT2D eigenvalue weighted by Crippen LogP contribution is -2.04. The number of nitrogens with two attached hydrogens (primary N) is 1. The topological polar surface area (TPSA) is 74.7 Å². The van der Waals surface area contributed by atoms with E-state index in [4.69, 9.17) is 19.6 Å². The third-order valence-corrected chi connectivity index (χ3v) is 2.91. The highest BCUT2D eigenvalue weighted by Gasteiger charge is 2.11. The number of ether oxygens (including phenoxy) is 2. The second-order valence-electron chi connectivity index (χ2n) is 4.37. The van der Waals surface area contributed by atoms with Gasteiger partial charge in [0.05, 0.1) is 0 Å². The third kappa shape index (κ3) is 3.81. The van der Waals surface area contributed by atoms with E-state index in [1.807, 2.05) is 30.3 Å². The summed E-state index contributed by atoms with van der Waals surface area (Å²) in [5.41, 5.74) is 6.83. The highest BCUT2D eigenvalue weighted by molar-refractivity contribution is 5.89. The number of methoxy groups -OCH3 is 2. The third-order valence-electron chi connectivity index (χ3n) is 2.91. The van der Waals surface area contributed by atoms with Crippen LogP contribution in [0.25, 0.3) is 17.4 Å². The van der Waals surface area contributed by atoms with Crippen LogP contribution >= 0.6 is 0 Å². The van der Waals surface area contributed by atoms with Crippen LogP contribution in [-0.4, -0.2) is 20.1 Å². The molecule has 0 fully saturated rings. The molecular formula is C16H17NO4. The van der Waals surface area contributed by atoms with Gasteiger partial charge >= 0.3 is 0 Å². The molecule has 2 aromatic rings. The summed E-state index contributed by atoms with van der Waals surface area (Å²) < 4.78 is 16.1. The molecule has 0 atom stereocenters. The molecule has 110 valence electrons. The second-order valence-corrected chi connectivity index (χ2v) is 4.37. The van der Waals surface area contributed by atoms with Gasteiger partial charge in [0.2, 0.25) is 5.91 Å². The largest absolute Gasteiger partial charge is 0.457 e. The fraction of sp³-hybridized carbons (Fsp3) is 0.188. The quantitative estimate of drug-likeness (QED) is 0.655. The minimum atomic E-state index is -0.516. The number of carbonyl (C=O) groups excluding carboxylic acids is 1. The number of primary amides is 1. The van der Waals surface area contributed by atoms with Crippen LogP contribution in [0.5, 0.6) is 0 Å². The Morgan fingerprint density at radius 1 is 1.24 bits per heavy atom. The van der Waals surface area contributed by atoms with Crippen molar-refractivity contribution in [2.45, 2.75) is 6.29 Å². The summed E-state index contributed by atoms with van der Waals surface area (Å²) in [6, 6.07) is 11.3. The molecule has 0 aliphatic carbocycles. The zero-order valence-corrected chi connectivity index (χ0v) is 11.9. The zero-order chi connectivity index (χ0) is 15.2. The van der Waals surface area contributed by atoms with E-state index in [0.29, 0.717) is 11.5 Å². The fourth-order valence-electron chi connectivity index (χ4n) is 1.97. The molecule has 0 radical (unpaired) electrons. The number of benzene rings is 1. The van der Waals surface area contributed by atoms with E-state index < -0.39 is 12.2 Å². The average molecular weight is 287 g/mol. The van der Waals surface area contributed by atoms with Crippen LogP contribution in [0.4, 0.5) is 0 Å². The van der Waals surface area contributed by atoms with E-state index in [2.05, 4.69) is 0 Å². The SMILES string of the molecule is COC(OC)c1cccc(-c2ccc(/C=C\C(N)=O)o2)c1. The summed E-state index contributed by atoms with van der Waals surface area (Å²) >= 11 is 0. The van der Waals surface area contributed by atoms with Gasteiger partial charge in [0.1, 0.15) is 11.5 Å². The lowest BCUT2D eigenvalue weighted by molar-refractivity contribution is -0.113. The minimum Gasteiger partial charge on any atom is -0.457 e. The van der Waals surface area contributed by atoms with Crippen molar-refractivity contribution >= 4 is 12.0 Å². The maximum atomic E-state index is 10.7. The summed E-state index contributed by atoms with van der Waals surface area (Å²) in [6.07, 6.45) is 2.36. The van der Waals surface area contributed by atoms with Gasteiger partial charge in [-0.1, -0.05) is 18.2 Å². The molecule has 0 aliphatic rings. The van der Waals surface area contributed by atoms with E-state index in [1.165, 1.54) is 12.2 Å². The van der Waals surface area contributed by atoms with Crippen molar-refractivity contribution in [2.24, 2.45) is 5.73 Å². The summed E-state index contributed by atoms with van der Waals surface area (Å²) in [7, 11) is 3.17. The van der Waals surface area contributed by atoms with Gasteiger partial charge in [-0.25, -0.2) is 0 Å². The zero-order valence-electron chi connectivity index (χ0n) is 11.9. The Morgan fingerprint density at radius 2 is 2.00 bits per heavy atom. The van der Waals surface area contributed by atoms with Crippen LogP contribution in [0.15, 0.2) is 46.9 Å². The van der Waals surface area contributed by atoms with Crippen molar-refractivity contribution in [3.8, 4) is 11.3 Å². The summed E-state index contributed by atoms with van der Waals surface area (Å²) in [4.78, 5) is 10.7. The van der Waals surface area contributed by atoms with E-state index in [9.17, 15) is 4.79 Å². The Hall–Kier alpha value is -2.37. The molecule has 2 rings (SSSR count). The van der Waals surface area contributed by atoms with Crippen molar-refractivity contribution in [2.75, 3.05) is 14.2 Å². The van der Waals surface area contributed by atoms with Crippen LogP contribution in [-0.2, 0) is 14.3 Å². The van der Waals surface area contributed by atoms with Crippen LogP contribution in [0.1, 0.15) is 17.6 Å². The van der Waals surface area contributed by atoms with Crippen molar-refractivity contribution in [1.82, 2.24) is 0 Å². The molecule has 0 spiro atoms. The van der Waals surface area contributed by atoms with Gasteiger partial charge in [0, 0.05) is 31.4 Å². The average Bonchev–Trinajstić information content (AvgIpc) is 2.96. The van der Waals surface area contributed by atoms with E-state index >= 15 is 0 Å². The molecule has 1 aromatic heterocycles. The molecule has 1 heterocycles. The molecule has 2 N–H and O–H groups in total. The monoisotopic (exact) mass is 287 g/mol. The Morgan fingerprint density at radius 3 is 2.67 bits per heavy atom. The van der Waals surface area contributed by atoms with Gasteiger partial charge in [-0.3, -0.25) is 4.79 Å². The summed E-state index contributed by atoms with van der Waals surface area (Å²) in [5, 5.41) is 0. The molecule has 5 heteroatoms. The maximum absolute atomic E-state index is 10.7. The standard InChI is InChI=1S/C16H17NO4/c1-19-16(20-2)12-5-3-4-11(10-12)14-8-6-13(21-14)7-9-15(17)18/h3-10,16H,1-2H3,(H2,17,18)/b9-7-. The van der Waals surface area contributed by atoms with Crippen molar-refractivity contribution in [3.05, 3.63) is 53.8 Å². The Kier molecular flexibility index (Phi) is 4.92. The second kappa shape index (κ2) is 6.88. The van der Waals surface area contributed by atoms with Crippen LogP contribution < -0.4 is 5.73 Å². The molecule has 21 heavy (non-hydrogen) atoms. The van der Waals surface area contributed by atoms with E-state index in [1.54, 1.807) is 20.3 Å². The molecule has 1 aromatic carbocycles.